The highest BCUT2D eigenvalue weighted by atomic mass is 32.2. The average molecular weight is 466 g/mol. The highest BCUT2D eigenvalue weighted by Crippen LogP contribution is 2.55. The molecule has 3 saturated heterocycles. The maximum Gasteiger partial charge on any atom is 0.352 e. The third-order valence-corrected chi connectivity index (χ3v) is 8.94. The lowest BCUT2D eigenvalue weighted by Gasteiger charge is -2.56. The molecule has 0 aromatic carbocycles. The summed E-state index contributed by atoms with van der Waals surface area (Å²) in [4.78, 5) is 42.8. The van der Waals surface area contributed by atoms with Crippen LogP contribution in [0.4, 0.5) is 0 Å². The molecule has 0 aromatic heterocycles. The number of carboxylic acids is 1. The summed E-state index contributed by atoms with van der Waals surface area (Å²) >= 11 is 1.39. The zero-order valence-electron chi connectivity index (χ0n) is 18.6. The van der Waals surface area contributed by atoms with Gasteiger partial charge >= 0.3 is 5.97 Å². The van der Waals surface area contributed by atoms with Crippen molar-refractivity contribution in [2.75, 3.05) is 32.7 Å². The van der Waals surface area contributed by atoms with Gasteiger partial charge in [-0.1, -0.05) is 6.92 Å². The van der Waals surface area contributed by atoms with Crippen LogP contribution in [0.15, 0.2) is 11.8 Å². The number of carbonyl (C=O) groups excluding carboxylic acids is 2. The van der Waals surface area contributed by atoms with Gasteiger partial charge in [0.25, 0.3) is 0 Å². The third kappa shape index (κ3) is 3.50. The number of hydrogen-bond donors (Lipinski definition) is 4. The van der Waals surface area contributed by atoms with Gasteiger partial charge in [-0.25, -0.2) is 4.79 Å². The Morgan fingerprint density at radius 2 is 1.91 bits per heavy atom. The lowest BCUT2D eigenvalue weighted by atomic mass is 9.78. The van der Waals surface area contributed by atoms with Crippen molar-refractivity contribution >= 4 is 35.4 Å². The van der Waals surface area contributed by atoms with E-state index in [4.69, 9.17) is 5.41 Å². The Morgan fingerprint density at radius 1 is 1.28 bits per heavy atom. The number of β-lactam (4-membered cyclic amide) rings is 1. The molecule has 0 saturated carbocycles. The summed E-state index contributed by atoms with van der Waals surface area (Å²) in [6.07, 6.45) is 1.19. The minimum atomic E-state index is -1.14. The van der Waals surface area contributed by atoms with Crippen LogP contribution in [0.5, 0.6) is 0 Å². The number of amides is 2. The zero-order valence-corrected chi connectivity index (χ0v) is 19.4. The predicted octanol–water partition coefficient (Wildman–Crippen LogP) is -0.460. The van der Waals surface area contributed by atoms with Crippen molar-refractivity contribution in [2.45, 2.75) is 55.4 Å². The molecule has 32 heavy (non-hydrogen) atoms. The van der Waals surface area contributed by atoms with Crippen molar-refractivity contribution in [2.24, 2.45) is 5.92 Å². The molecule has 4 N–H and O–H groups in total. The molecule has 6 atom stereocenters. The number of aliphatic hydroxyl groups excluding tert-OH is 1. The monoisotopic (exact) mass is 465 g/mol. The second kappa shape index (κ2) is 8.35. The minimum absolute atomic E-state index is 0.0127. The first kappa shape index (κ1) is 23.1. The van der Waals surface area contributed by atoms with E-state index in [1.807, 2.05) is 16.7 Å². The fourth-order valence-corrected chi connectivity index (χ4v) is 7.31. The van der Waals surface area contributed by atoms with Crippen LogP contribution >= 0.6 is 11.8 Å². The summed E-state index contributed by atoms with van der Waals surface area (Å²) < 4.78 is -1.11. The van der Waals surface area contributed by atoms with Gasteiger partial charge in [0, 0.05) is 38.0 Å². The number of amidine groups is 1. The van der Waals surface area contributed by atoms with Crippen LogP contribution < -0.4 is 5.32 Å². The van der Waals surface area contributed by atoms with Crippen molar-refractivity contribution in [3.05, 3.63) is 11.8 Å². The Hall–Kier alpha value is -2.11. The van der Waals surface area contributed by atoms with E-state index in [2.05, 4.69) is 5.32 Å². The van der Waals surface area contributed by atoms with Crippen LogP contribution in [0.2, 0.25) is 0 Å². The smallest absolute Gasteiger partial charge is 0.352 e. The van der Waals surface area contributed by atoms with E-state index in [1.54, 1.807) is 19.9 Å². The molecular formula is C21H31N5O5S. The molecule has 0 spiro atoms. The van der Waals surface area contributed by atoms with Gasteiger partial charge in [-0.2, -0.15) is 0 Å². The van der Waals surface area contributed by atoms with Gasteiger partial charge in [-0.15, -0.1) is 11.8 Å². The summed E-state index contributed by atoms with van der Waals surface area (Å²) in [6.45, 7) is 8.22. The first-order valence-electron chi connectivity index (χ1n) is 11.0. The molecule has 2 amide bonds. The number of carboxylic acid groups (broad SMARTS) is 1. The van der Waals surface area contributed by atoms with Crippen molar-refractivity contribution in [1.29, 1.82) is 5.41 Å². The van der Waals surface area contributed by atoms with Crippen molar-refractivity contribution in [3.8, 4) is 0 Å². The Morgan fingerprint density at radius 3 is 2.47 bits per heavy atom. The highest BCUT2D eigenvalue weighted by Gasteiger charge is 2.69. The lowest BCUT2D eigenvalue weighted by Crippen LogP contribution is -2.76. The molecule has 0 radical (unpaired) electrons. The first-order valence-corrected chi connectivity index (χ1v) is 11.9. The summed E-state index contributed by atoms with van der Waals surface area (Å²) in [6, 6.07) is -0.746. The summed E-state index contributed by atoms with van der Waals surface area (Å²) in [5.41, 5.74) is -0.0127. The summed E-state index contributed by atoms with van der Waals surface area (Å²) in [5, 5.41) is 31.0. The lowest BCUT2D eigenvalue weighted by molar-refractivity contribution is -0.158. The molecule has 4 rings (SSSR count). The number of aliphatic hydroxyl groups is 1. The highest BCUT2D eigenvalue weighted by molar-refractivity contribution is 8.02. The minimum Gasteiger partial charge on any atom is -0.477 e. The summed E-state index contributed by atoms with van der Waals surface area (Å²) in [7, 11) is 0. The van der Waals surface area contributed by atoms with Crippen molar-refractivity contribution in [1.82, 2.24) is 20.0 Å². The second-order valence-corrected chi connectivity index (χ2v) is 10.7. The normalized spacial score (nSPS) is 35.3. The van der Waals surface area contributed by atoms with E-state index in [0.29, 0.717) is 45.0 Å². The first-order chi connectivity index (χ1) is 15.1. The molecule has 0 aromatic rings. The number of fused-ring (bicyclic) bond motifs is 1. The molecule has 5 unspecified atom stereocenters. The number of rotatable bonds is 5. The van der Waals surface area contributed by atoms with Crippen LogP contribution in [-0.4, -0.2) is 109 Å². The van der Waals surface area contributed by atoms with Gasteiger partial charge < -0.3 is 25.3 Å². The number of thioether (sulfide) groups is 1. The van der Waals surface area contributed by atoms with E-state index in [1.165, 1.54) is 16.7 Å². The Bertz CT molecular complexity index is 871. The topological polar surface area (TPSA) is 137 Å². The molecule has 4 aliphatic heterocycles. The van der Waals surface area contributed by atoms with E-state index in [9.17, 15) is 24.6 Å². The van der Waals surface area contributed by atoms with Gasteiger partial charge in [0.15, 0.2) is 0 Å². The summed E-state index contributed by atoms with van der Waals surface area (Å²) in [5.74, 6) is -1.14. The number of hydrogen-bond acceptors (Lipinski definition) is 7. The molecule has 0 aliphatic carbocycles. The Balaban J connectivity index is 1.40. The van der Waals surface area contributed by atoms with Crippen LogP contribution in [0.3, 0.4) is 0 Å². The number of nitrogens with zero attached hydrogens (tertiary/aromatic N) is 3. The molecule has 4 heterocycles. The quantitative estimate of drug-likeness (QED) is 0.243. The van der Waals surface area contributed by atoms with Crippen LogP contribution in [0.25, 0.3) is 0 Å². The Labute approximate surface area is 191 Å². The number of nitrogens with one attached hydrogen (secondary N) is 2. The van der Waals surface area contributed by atoms with Crippen LogP contribution in [-0.2, 0) is 14.4 Å². The van der Waals surface area contributed by atoms with E-state index in [0.717, 1.165) is 0 Å². The van der Waals surface area contributed by atoms with E-state index < -0.39 is 22.9 Å². The van der Waals surface area contributed by atoms with E-state index >= 15 is 0 Å². The zero-order chi connectivity index (χ0) is 23.4. The van der Waals surface area contributed by atoms with Gasteiger partial charge in [0.05, 0.1) is 24.0 Å². The standard InChI is InChI=1S/C21H31N5O5S/c1-11-8-16(19(29)30)26-17(11)21(12(2)27,20(26)31)32-14-9-15(23-10-14)18(28)25-6-4-24(5-7-25)13(3)22/h8,11-12,14-15,17,22-23,27H,4-7,9-10H2,1-3H3,(H,29,30)/t11?,12?,14?,15?,17-,21?/m0/s1. The SMILES string of the molecule is CC(=N)N1CCN(C(=O)C2CC(SC3(C(C)O)C(=O)N4C(C(=O)O)=CC(C)[C@H]43)CN2)CC1. The molecule has 4 aliphatic rings. The van der Waals surface area contributed by atoms with Gasteiger partial charge in [-0.05, 0) is 32.3 Å². The van der Waals surface area contributed by atoms with Gasteiger partial charge in [-0.3, -0.25) is 19.9 Å². The number of piperazine rings is 1. The van der Waals surface area contributed by atoms with Crippen molar-refractivity contribution in [3.63, 3.8) is 0 Å². The molecular weight excluding hydrogens is 434 g/mol. The molecule has 11 heteroatoms. The van der Waals surface area contributed by atoms with Crippen molar-refractivity contribution < 1.29 is 24.6 Å². The average Bonchev–Trinajstić information content (AvgIpc) is 3.34. The van der Waals surface area contributed by atoms with E-state index in [-0.39, 0.29) is 34.7 Å². The third-order valence-electron chi connectivity index (χ3n) is 7.10. The largest absolute Gasteiger partial charge is 0.477 e. The molecule has 176 valence electrons. The van der Waals surface area contributed by atoms with Gasteiger partial charge in [0.2, 0.25) is 11.8 Å². The number of aliphatic carboxylic acids is 1. The fraction of sp³-hybridized carbons (Fsp3) is 0.714. The maximum atomic E-state index is 13.1. The maximum absolute atomic E-state index is 13.1. The predicted molar refractivity (Wildman–Crippen MR) is 119 cm³/mol. The fourth-order valence-electron chi connectivity index (χ4n) is 5.43. The van der Waals surface area contributed by atoms with Crippen LogP contribution in [0.1, 0.15) is 27.2 Å². The molecule has 10 nitrogen and oxygen atoms in total. The molecule has 3 fully saturated rings. The second-order valence-electron chi connectivity index (χ2n) is 9.14. The number of carbonyl (C=O) groups is 3. The van der Waals surface area contributed by atoms with Gasteiger partial charge in [0.1, 0.15) is 10.4 Å². The Kier molecular flexibility index (Phi) is 6.01. The molecule has 0 bridgehead atoms. The van der Waals surface area contributed by atoms with Crippen LogP contribution in [0, 0.1) is 11.3 Å².